The quantitative estimate of drug-likeness (QED) is 0.350. The summed E-state index contributed by atoms with van der Waals surface area (Å²) in [7, 11) is 0. The lowest BCUT2D eigenvalue weighted by Crippen LogP contribution is -2.42. The molecule has 0 spiro atoms. The Labute approximate surface area is 237 Å². The summed E-state index contributed by atoms with van der Waals surface area (Å²) in [6.45, 7) is 13.4. The summed E-state index contributed by atoms with van der Waals surface area (Å²) in [6.07, 6.45) is 10.6. The lowest BCUT2D eigenvalue weighted by Gasteiger charge is -2.38. The van der Waals surface area contributed by atoms with Gasteiger partial charge in [-0.2, -0.15) is 0 Å². The molecular weight excluding hydrogens is 510 g/mol. The first kappa shape index (κ1) is 28.9. The van der Waals surface area contributed by atoms with Crippen LogP contribution in [0.5, 0.6) is 5.75 Å². The number of ether oxygens (including phenoxy) is 2. The molecular formula is C33H38ClNO4. The summed E-state index contributed by atoms with van der Waals surface area (Å²) in [5.41, 5.74) is 4.95. The molecule has 2 aromatic carbocycles. The van der Waals surface area contributed by atoms with Crippen LogP contribution in [0.1, 0.15) is 42.9 Å². The highest BCUT2D eigenvalue weighted by atomic mass is 35.5. The zero-order valence-corrected chi connectivity index (χ0v) is 23.4. The summed E-state index contributed by atoms with van der Waals surface area (Å²) in [5.74, 6) is 1.30. The van der Waals surface area contributed by atoms with Gasteiger partial charge in [0.15, 0.2) is 0 Å². The summed E-state index contributed by atoms with van der Waals surface area (Å²) >= 11 is 6.04. The Hall–Kier alpha value is -3.09. The molecule has 0 amide bonds. The van der Waals surface area contributed by atoms with Gasteiger partial charge >= 0.3 is 0 Å². The predicted octanol–water partition coefficient (Wildman–Crippen LogP) is 6.53. The van der Waals surface area contributed by atoms with Gasteiger partial charge in [0, 0.05) is 35.8 Å². The third-order valence-electron chi connectivity index (χ3n) is 7.35. The van der Waals surface area contributed by atoms with Gasteiger partial charge in [-0.1, -0.05) is 61.2 Å². The van der Waals surface area contributed by atoms with Crippen LogP contribution in [-0.4, -0.2) is 54.6 Å². The molecule has 4 rings (SSSR count). The maximum atomic E-state index is 11.2. The van der Waals surface area contributed by atoms with Crippen molar-refractivity contribution in [2.75, 3.05) is 39.5 Å². The number of piperidine rings is 1. The average Bonchev–Trinajstić information content (AvgIpc) is 3.07. The predicted molar refractivity (Wildman–Crippen MR) is 160 cm³/mol. The van der Waals surface area contributed by atoms with Crippen LogP contribution in [0, 0.1) is 0 Å². The molecule has 2 aromatic rings. The van der Waals surface area contributed by atoms with Crippen molar-refractivity contribution in [3.05, 3.63) is 113 Å². The standard InChI is InChI=1S/C33H38ClNO4/c1-4-5-7-29-24(2)23-39-32-14-9-26(25(3)38-21-20-36)22-31(32)30(29)8-6-17-35-18-15-33(37,16-19-35)27-10-12-28(34)13-11-27/h4-5,7-14,22,36-37H,2-3,6,15-21,23H2,1H3/b5-4-,29-7+,30-8+. The molecule has 2 aliphatic heterocycles. The summed E-state index contributed by atoms with van der Waals surface area (Å²) in [5, 5.41) is 21.1. The number of nitrogens with zero attached hydrogens (tertiary/aromatic N) is 1. The highest BCUT2D eigenvalue weighted by Gasteiger charge is 2.33. The number of hydrogen-bond acceptors (Lipinski definition) is 5. The molecule has 0 unspecified atom stereocenters. The highest BCUT2D eigenvalue weighted by molar-refractivity contribution is 6.30. The van der Waals surface area contributed by atoms with Gasteiger partial charge < -0.3 is 24.6 Å². The second kappa shape index (κ2) is 13.3. The number of aliphatic hydroxyl groups excluding tert-OH is 1. The molecule has 6 heteroatoms. The number of rotatable bonds is 9. The van der Waals surface area contributed by atoms with Gasteiger partial charge in [0.2, 0.25) is 0 Å². The molecule has 1 saturated heterocycles. The normalized spacial score (nSPS) is 19.6. The minimum Gasteiger partial charge on any atom is -0.491 e. The third-order valence-corrected chi connectivity index (χ3v) is 7.60. The molecule has 2 heterocycles. The lowest BCUT2D eigenvalue weighted by molar-refractivity contribution is -0.0254. The molecule has 0 radical (unpaired) electrons. The number of benzene rings is 2. The monoisotopic (exact) mass is 547 g/mol. The molecule has 5 nitrogen and oxygen atoms in total. The van der Waals surface area contributed by atoms with E-state index < -0.39 is 5.60 Å². The smallest absolute Gasteiger partial charge is 0.127 e. The van der Waals surface area contributed by atoms with Crippen LogP contribution in [0.3, 0.4) is 0 Å². The molecule has 0 aromatic heterocycles. The van der Waals surface area contributed by atoms with Crippen molar-refractivity contribution in [1.29, 1.82) is 0 Å². The van der Waals surface area contributed by atoms with E-state index in [4.69, 9.17) is 26.2 Å². The lowest BCUT2D eigenvalue weighted by atomic mass is 9.84. The van der Waals surface area contributed by atoms with Crippen molar-refractivity contribution in [2.45, 2.75) is 31.8 Å². The first-order valence-corrected chi connectivity index (χ1v) is 13.8. The Morgan fingerprint density at radius 3 is 2.59 bits per heavy atom. The molecule has 0 bridgehead atoms. The maximum absolute atomic E-state index is 11.2. The van der Waals surface area contributed by atoms with Crippen LogP contribution >= 0.6 is 11.6 Å². The fraction of sp³-hybridized carbons (Fsp3) is 0.333. The molecule has 0 atom stereocenters. The highest BCUT2D eigenvalue weighted by Crippen LogP contribution is 2.40. The number of fused-ring (bicyclic) bond motifs is 1. The Morgan fingerprint density at radius 2 is 1.90 bits per heavy atom. The Balaban J connectivity index is 1.53. The number of likely N-dealkylation sites (tertiary alicyclic amines) is 1. The first-order chi connectivity index (χ1) is 18.8. The van der Waals surface area contributed by atoms with Gasteiger partial charge in [-0.25, -0.2) is 0 Å². The number of allylic oxidation sites excluding steroid dienone is 4. The molecule has 39 heavy (non-hydrogen) atoms. The van der Waals surface area contributed by atoms with Gasteiger partial charge in [0.25, 0.3) is 0 Å². The average molecular weight is 548 g/mol. The Bertz CT molecular complexity index is 1270. The van der Waals surface area contributed by atoms with E-state index in [0.29, 0.717) is 30.2 Å². The van der Waals surface area contributed by atoms with Crippen LogP contribution < -0.4 is 4.74 Å². The second-order valence-electron chi connectivity index (χ2n) is 9.99. The summed E-state index contributed by atoms with van der Waals surface area (Å²) in [6, 6.07) is 13.4. The van der Waals surface area contributed by atoms with Gasteiger partial charge in [-0.05, 0) is 78.8 Å². The summed E-state index contributed by atoms with van der Waals surface area (Å²) in [4.78, 5) is 2.40. The van der Waals surface area contributed by atoms with E-state index in [1.165, 1.54) is 0 Å². The number of aliphatic hydroxyl groups is 2. The minimum atomic E-state index is -0.811. The van der Waals surface area contributed by atoms with E-state index in [-0.39, 0.29) is 13.2 Å². The van der Waals surface area contributed by atoms with Crippen molar-refractivity contribution in [3.63, 3.8) is 0 Å². The molecule has 1 fully saturated rings. The Morgan fingerprint density at radius 1 is 1.15 bits per heavy atom. The van der Waals surface area contributed by atoms with E-state index in [0.717, 1.165) is 65.2 Å². The van der Waals surface area contributed by atoms with Crippen LogP contribution in [-0.2, 0) is 10.3 Å². The van der Waals surface area contributed by atoms with E-state index in [1.54, 1.807) is 0 Å². The summed E-state index contributed by atoms with van der Waals surface area (Å²) < 4.78 is 11.7. The van der Waals surface area contributed by atoms with Crippen LogP contribution in [0.15, 0.2) is 91.1 Å². The van der Waals surface area contributed by atoms with Crippen molar-refractivity contribution < 1.29 is 19.7 Å². The van der Waals surface area contributed by atoms with E-state index >= 15 is 0 Å². The number of hydrogen-bond donors (Lipinski definition) is 2. The maximum Gasteiger partial charge on any atom is 0.127 e. The zero-order valence-electron chi connectivity index (χ0n) is 22.7. The van der Waals surface area contributed by atoms with Gasteiger partial charge in [0.1, 0.15) is 24.7 Å². The first-order valence-electron chi connectivity index (χ1n) is 13.5. The van der Waals surface area contributed by atoms with Crippen LogP contribution in [0.25, 0.3) is 11.3 Å². The molecule has 0 aliphatic carbocycles. The number of halogens is 1. The second-order valence-corrected chi connectivity index (χ2v) is 10.4. The Kier molecular flexibility index (Phi) is 9.87. The van der Waals surface area contributed by atoms with Gasteiger partial charge in [0.05, 0.1) is 12.2 Å². The fourth-order valence-electron chi connectivity index (χ4n) is 5.08. The molecule has 0 saturated carbocycles. The van der Waals surface area contributed by atoms with E-state index in [1.807, 2.05) is 61.5 Å². The van der Waals surface area contributed by atoms with Crippen LogP contribution in [0.4, 0.5) is 0 Å². The van der Waals surface area contributed by atoms with Crippen molar-refractivity contribution in [2.24, 2.45) is 0 Å². The SMILES string of the molecule is C=C1COc2ccc(C(=C)OCCO)cc2C(=C/CCN2CCC(O)(c3ccc(Cl)cc3)CC2)/C1=C/C=C\C. The van der Waals surface area contributed by atoms with Crippen molar-refractivity contribution in [3.8, 4) is 5.75 Å². The fourth-order valence-corrected chi connectivity index (χ4v) is 5.20. The van der Waals surface area contributed by atoms with Crippen molar-refractivity contribution >= 4 is 22.9 Å². The minimum absolute atomic E-state index is 0.0676. The van der Waals surface area contributed by atoms with Gasteiger partial charge in [-0.15, -0.1) is 0 Å². The van der Waals surface area contributed by atoms with Gasteiger partial charge in [-0.3, -0.25) is 0 Å². The third kappa shape index (κ3) is 7.11. The topological polar surface area (TPSA) is 62.2 Å². The largest absolute Gasteiger partial charge is 0.491 e. The van der Waals surface area contributed by atoms with Crippen LogP contribution in [0.2, 0.25) is 5.02 Å². The van der Waals surface area contributed by atoms with E-state index in [2.05, 4.69) is 30.2 Å². The van der Waals surface area contributed by atoms with E-state index in [9.17, 15) is 5.11 Å². The molecule has 206 valence electrons. The molecule has 2 aliphatic rings. The molecule has 2 N–H and O–H groups in total. The van der Waals surface area contributed by atoms with Crippen molar-refractivity contribution in [1.82, 2.24) is 4.90 Å². The zero-order chi connectivity index (χ0) is 27.8.